The predicted molar refractivity (Wildman–Crippen MR) is 268 cm³/mol. The summed E-state index contributed by atoms with van der Waals surface area (Å²) in [5.74, 6) is 0.168. The van der Waals surface area contributed by atoms with Crippen molar-refractivity contribution in [1.82, 2.24) is 9.97 Å². The summed E-state index contributed by atoms with van der Waals surface area (Å²) < 4.78 is 0. The van der Waals surface area contributed by atoms with E-state index in [-0.39, 0.29) is 23.4 Å². The van der Waals surface area contributed by atoms with Crippen molar-refractivity contribution in [2.24, 2.45) is 0 Å². The van der Waals surface area contributed by atoms with Gasteiger partial charge in [0.1, 0.15) is 0 Å². The summed E-state index contributed by atoms with van der Waals surface area (Å²) in [6, 6.07) is 57.3. The van der Waals surface area contributed by atoms with Gasteiger partial charge in [-0.3, -0.25) is 9.59 Å². The van der Waals surface area contributed by atoms with Crippen LogP contribution in [0.3, 0.4) is 0 Å². The van der Waals surface area contributed by atoms with Gasteiger partial charge >= 0.3 is 0 Å². The SMILES string of the molecule is CC.CC.CC.CC.O=C(c1c[nH]c2ccccc12)[C@@H](CCCc1ccccc1)c1ccccc1.O=C(c1c[nH]c2ccccc12)[C@H](CCCc1ccccc1)c1ccccc1. The number of hydrogen-bond acceptors (Lipinski definition) is 2. The van der Waals surface area contributed by atoms with Gasteiger partial charge in [0, 0.05) is 57.2 Å². The lowest BCUT2D eigenvalue weighted by molar-refractivity contribution is 0.0948. The van der Waals surface area contributed by atoms with E-state index in [0.29, 0.717) is 0 Å². The molecule has 0 saturated carbocycles. The maximum absolute atomic E-state index is 13.4. The molecule has 0 aliphatic heterocycles. The van der Waals surface area contributed by atoms with E-state index in [0.717, 1.165) is 82.6 Å². The number of carbonyl (C=O) groups is 2. The topological polar surface area (TPSA) is 65.7 Å². The standard InChI is InChI=1S/2C25H23NO.4C2H6/c2*27-25(23-18-26-24-17-8-7-15-22(23)24)21(20-13-5-2-6-14-20)16-9-12-19-10-3-1-4-11-19;4*1-2/h2*1-8,10-11,13-15,17-18,21,26H,9,12,16H2;4*1-2H3/t2*21-;;;;/m10..../s1. The van der Waals surface area contributed by atoms with Gasteiger partial charge in [-0.1, -0.05) is 213 Å². The fourth-order valence-corrected chi connectivity index (χ4v) is 7.51. The highest BCUT2D eigenvalue weighted by Crippen LogP contribution is 2.31. The molecule has 324 valence electrons. The molecule has 8 rings (SSSR count). The molecule has 2 heterocycles. The van der Waals surface area contributed by atoms with Crippen LogP contribution >= 0.6 is 0 Å². The van der Waals surface area contributed by atoms with Crippen molar-refractivity contribution in [2.75, 3.05) is 0 Å². The molecule has 2 aromatic heterocycles. The van der Waals surface area contributed by atoms with E-state index in [4.69, 9.17) is 0 Å². The Labute approximate surface area is 372 Å². The van der Waals surface area contributed by atoms with Gasteiger partial charge < -0.3 is 9.97 Å². The van der Waals surface area contributed by atoms with Gasteiger partial charge in [0.2, 0.25) is 0 Å². The van der Waals surface area contributed by atoms with Crippen LogP contribution in [0, 0.1) is 0 Å². The van der Waals surface area contributed by atoms with Gasteiger partial charge in [0.05, 0.1) is 0 Å². The number of aryl methyl sites for hydroxylation is 2. The molecule has 0 amide bonds. The average Bonchev–Trinajstić information content (AvgIpc) is 4.01. The van der Waals surface area contributed by atoms with Gasteiger partial charge in [-0.2, -0.15) is 0 Å². The minimum atomic E-state index is -0.117. The summed E-state index contributed by atoms with van der Waals surface area (Å²) >= 11 is 0. The first kappa shape index (κ1) is 50.1. The smallest absolute Gasteiger partial charge is 0.172 e. The first-order chi connectivity index (χ1) is 30.7. The fourth-order valence-electron chi connectivity index (χ4n) is 7.51. The number of ketones is 2. The lowest BCUT2D eigenvalue weighted by Gasteiger charge is -2.16. The van der Waals surface area contributed by atoms with Crippen molar-refractivity contribution in [3.8, 4) is 0 Å². The number of hydrogen-bond donors (Lipinski definition) is 2. The van der Waals surface area contributed by atoms with Crippen LogP contribution in [0.5, 0.6) is 0 Å². The Kier molecular flexibility index (Phi) is 23.5. The third-order valence-corrected chi connectivity index (χ3v) is 10.3. The molecule has 62 heavy (non-hydrogen) atoms. The maximum atomic E-state index is 13.4. The Bertz CT molecular complexity index is 2210. The van der Waals surface area contributed by atoms with E-state index in [9.17, 15) is 9.59 Å². The zero-order valence-corrected chi connectivity index (χ0v) is 38.5. The zero-order valence-electron chi connectivity index (χ0n) is 38.5. The van der Waals surface area contributed by atoms with Gasteiger partial charge in [-0.15, -0.1) is 0 Å². The molecule has 0 fully saturated rings. The Balaban J connectivity index is 0.000000285. The first-order valence-electron chi connectivity index (χ1n) is 23.0. The number of benzene rings is 6. The van der Waals surface area contributed by atoms with Crippen LogP contribution in [-0.2, 0) is 12.8 Å². The van der Waals surface area contributed by atoms with Gasteiger partial charge in [-0.25, -0.2) is 0 Å². The number of nitrogens with one attached hydrogen (secondary N) is 2. The average molecular weight is 827 g/mol. The second-order valence-corrected chi connectivity index (χ2v) is 13.9. The highest BCUT2D eigenvalue weighted by molar-refractivity contribution is 6.11. The zero-order chi connectivity index (χ0) is 45.0. The monoisotopic (exact) mass is 827 g/mol. The molecular weight excluding hydrogens is 757 g/mol. The van der Waals surface area contributed by atoms with E-state index in [1.54, 1.807) is 0 Å². The molecular formula is C58H70N2O2. The summed E-state index contributed by atoms with van der Waals surface area (Å²) in [4.78, 5) is 33.4. The maximum Gasteiger partial charge on any atom is 0.172 e. The molecule has 0 unspecified atom stereocenters. The van der Waals surface area contributed by atoms with Crippen molar-refractivity contribution in [1.29, 1.82) is 0 Å². The van der Waals surface area contributed by atoms with E-state index < -0.39 is 0 Å². The highest BCUT2D eigenvalue weighted by atomic mass is 16.1. The molecule has 0 radical (unpaired) electrons. The van der Waals surface area contributed by atoms with Crippen molar-refractivity contribution >= 4 is 33.4 Å². The summed E-state index contributed by atoms with van der Waals surface area (Å²) in [7, 11) is 0. The number of fused-ring (bicyclic) bond motifs is 2. The minimum absolute atomic E-state index is 0.117. The highest BCUT2D eigenvalue weighted by Gasteiger charge is 2.25. The minimum Gasteiger partial charge on any atom is -0.360 e. The number of para-hydroxylation sites is 2. The van der Waals surface area contributed by atoms with E-state index in [1.165, 1.54) is 11.1 Å². The van der Waals surface area contributed by atoms with Crippen LogP contribution in [-0.4, -0.2) is 21.5 Å². The van der Waals surface area contributed by atoms with Gasteiger partial charge in [0.15, 0.2) is 11.6 Å². The van der Waals surface area contributed by atoms with Crippen LogP contribution in [0.4, 0.5) is 0 Å². The van der Waals surface area contributed by atoms with Crippen LogP contribution in [0.15, 0.2) is 182 Å². The molecule has 8 aromatic rings. The van der Waals surface area contributed by atoms with E-state index in [2.05, 4.69) is 82.8 Å². The predicted octanol–water partition coefficient (Wildman–Crippen LogP) is 16.4. The fraction of sp³-hybridized carbons (Fsp3) is 0.276. The largest absolute Gasteiger partial charge is 0.360 e. The molecule has 4 heteroatoms. The van der Waals surface area contributed by atoms with E-state index >= 15 is 0 Å². The van der Waals surface area contributed by atoms with Crippen LogP contribution < -0.4 is 0 Å². The lowest BCUT2D eigenvalue weighted by atomic mass is 9.86. The summed E-state index contributed by atoms with van der Waals surface area (Å²) in [6.45, 7) is 16.0. The molecule has 0 aliphatic carbocycles. The van der Waals surface area contributed by atoms with Crippen LogP contribution in [0.2, 0.25) is 0 Å². The quantitative estimate of drug-likeness (QED) is 0.107. The number of H-pyrrole nitrogens is 2. The number of carbonyl (C=O) groups excluding carboxylic acids is 2. The molecule has 4 nitrogen and oxygen atoms in total. The third kappa shape index (κ3) is 14.4. The van der Waals surface area contributed by atoms with Crippen molar-refractivity contribution in [3.63, 3.8) is 0 Å². The van der Waals surface area contributed by atoms with Crippen LogP contribution in [0.25, 0.3) is 21.8 Å². The molecule has 2 N–H and O–H groups in total. The Morgan fingerprint density at radius 2 is 0.677 bits per heavy atom. The molecule has 0 bridgehead atoms. The lowest BCUT2D eigenvalue weighted by Crippen LogP contribution is -2.13. The molecule has 0 saturated heterocycles. The summed E-state index contributed by atoms with van der Waals surface area (Å²) in [5.41, 5.74) is 8.45. The number of rotatable bonds is 14. The Hall–Kier alpha value is -6.26. The Morgan fingerprint density at radius 1 is 0.387 bits per heavy atom. The van der Waals surface area contributed by atoms with E-state index in [1.807, 2.05) is 165 Å². The normalized spacial score (nSPS) is 11.0. The van der Waals surface area contributed by atoms with Gasteiger partial charge in [-0.05, 0) is 72.9 Å². The molecule has 2 atom stereocenters. The van der Waals surface area contributed by atoms with Crippen molar-refractivity contribution in [2.45, 2.75) is 106 Å². The second kappa shape index (κ2) is 29.1. The molecule has 6 aromatic carbocycles. The second-order valence-electron chi connectivity index (χ2n) is 13.9. The van der Waals surface area contributed by atoms with Crippen LogP contribution in [0.1, 0.15) is 136 Å². The van der Waals surface area contributed by atoms with Crippen molar-refractivity contribution in [3.05, 3.63) is 216 Å². The first-order valence-corrected chi connectivity index (χ1v) is 23.0. The summed E-state index contributed by atoms with van der Waals surface area (Å²) in [5, 5.41) is 2.01. The third-order valence-electron chi connectivity index (χ3n) is 10.3. The van der Waals surface area contributed by atoms with Crippen molar-refractivity contribution < 1.29 is 9.59 Å². The number of aromatic nitrogens is 2. The van der Waals surface area contributed by atoms with Gasteiger partial charge in [0.25, 0.3) is 0 Å². The molecule has 0 spiro atoms. The summed E-state index contributed by atoms with van der Waals surface area (Å²) in [6.07, 6.45) is 9.36. The Morgan fingerprint density at radius 3 is 1.02 bits per heavy atom. The molecule has 0 aliphatic rings. The number of aromatic amines is 2. The number of Topliss-reactive ketones (excluding diaryl/α,β-unsaturated/α-hetero) is 2.